The third kappa shape index (κ3) is 3.01. The summed E-state index contributed by atoms with van der Waals surface area (Å²) in [6.07, 6.45) is 1.03. The van der Waals surface area contributed by atoms with Gasteiger partial charge in [-0.05, 0) is 23.6 Å². The third-order valence-corrected chi connectivity index (χ3v) is 3.55. The standard InChI is InChI=1S/C15H21NO3/c1-11-8-16-9-15(19-10-11)12-3-4-13-14(7-12)18-6-2-5-17-13/h3-4,7,11,15-16H,2,5-6,8-10H2,1H3. The van der Waals surface area contributed by atoms with Gasteiger partial charge >= 0.3 is 0 Å². The van der Waals surface area contributed by atoms with Gasteiger partial charge in [0.25, 0.3) is 0 Å². The SMILES string of the molecule is CC1CNCC(c2ccc3c(c2)OCCCO3)OC1. The lowest BCUT2D eigenvalue weighted by molar-refractivity contribution is 0.0513. The lowest BCUT2D eigenvalue weighted by atomic mass is 10.1. The average Bonchev–Trinajstić information content (AvgIpc) is 2.78. The van der Waals surface area contributed by atoms with Crippen LogP contribution >= 0.6 is 0 Å². The van der Waals surface area contributed by atoms with E-state index in [0.717, 1.165) is 56.4 Å². The Bertz CT molecular complexity index is 435. The molecule has 0 aromatic heterocycles. The van der Waals surface area contributed by atoms with Crippen LogP contribution in [0, 0.1) is 5.92 Å². The van der Waals surface area contributed by atoms with Gasteiger partial charge in [-0.2, -0.15) is 0 Å². The first kappa shape index (κ1) is 12.8. The second-order valence-corrected chi connectivity index (χ2v) is 5.34. The maximum absolute atomic E-state index is 5.96. The van der Waals surface area contributed by atoms with Crippen LogP contribution in [-0.4, -0.2) is 32.9 Å². The molecule has 2 atom stereocenters. The molecule has 1 aromatic rings. The molecule has 0 saturated carbocycles. The van der Waals surface area contributed by atoms with Gasteiger partial charge in [0, 0.05) is 19.5 Å². The number of benzene rings is 1. The molecule has 0 spiro atoms. The first-order chi connectivity index (χ1) is 9.33. The van der Waals surface area contributed by atoms with Crippen LogP contribution in [0.4, 0.5) is 0 Å². The zero-order valence-corrected chi connectivity index (χ0v) is 11.4. The molecular weight excluding hydrogens is 242 g/mol. The molecule has 4 nitrogen and oxygen atoms in total. The van der Waals surface area contributed by atoms with Crippen LogP contribution in [-0.2, 0) is 4.74 Å². The molecule has 0 bridgehead atoms. The molecule has 1 N–H and O–H groups in total. The van der Waals surface area contributed by atoms with Gasteiger partial charge in [-0.1, -0.05) is 13.0 Å². The van der Waals surface area contributed by atoms with Gasteiger partial charge in [0.1, 0.15) is 0 Å². The summed E-state index contributed by atoms with van der Waals surface area (Å²) in [6, 6.07) is 6.13. The fraction of sp³-hybridized carbons (Fsp3) is 0.600. The topological polar surface area (TPSA) is 39.7 Å². The predicted octanol–water partition coefficient (Wildman–Crippen LogP) is 2.14. The van der Waals surface area contributed by atoms with Gasteiger partial charge in [0.2, 0.25) is 0 Å². The molecule has 2 aliphatic heterocycles. The largest absolute Gasteiger partial charge is 0.490 e. The van der Waals surface area contributed by atoms with Crippen molar-refractivity contribution in [2.24, 2.45) is 5.92 Å². The van der Waals surface area contributed by atoms with Crippen molar-refractivity contribution in [2.45, 2.75) is 19.4 Å². The fourth-order valence-electron chi connectivity index (χ4n) is 2.45. The number of hydrogen-bond donors (Lipinski definition) is 1. The summed E-state index contributed by atoms with van der Waals surface area (Å²) in [4.78, 5) is 0. The highest BCUT2D eigenvalue weighted by Gasteiger charge is 2.20. The quantitative estimate of drug-likeness (QED) is 0.842. The normalized spacial score (nSPS) is 27.4. The van der Waals surface area contributed by atoms with E-state index >= 15 is 0 Å². The van der Waals surface area contributed by atoms with Crippen molar-refractivity contribution in [1.29, 1.82) is 0 Å². The average molecular weight is 263 g/mol. The highest BCUT2D eigenvalue weighted by atomic mass is 16.5. The summed E-state index contributed by atoms with van der Waals surface area (Å²) in [7, 11) is 0. The Morgan fingerprint density at radius 2 is 1.95 bits per heavy atom. The lowest BCUT2D eigenvalue weighted by Crippen LogP contribution is -2.22. The minimum atomic E-state index is 0.0992. The van der Waals surface area contributed by atoms with Crippen molar-refractivity contribution in [3.8, 4) is 11.5 Å². The van der Waals surface area contributed by atoms with Gasteiger partial charge in [0.15, 0.2) is 11.5 Å². The van der Waals surface area contributed by atoms with E-state index in [0.29, 0.717) is 5.92 Å². The number of ether oxygens (including phenoxy) is 3. The first-order valence-corrected chi connectivity index (χ1v) is 7.05. The molecule has 0 amide bonds. The lowest BCUT2D eigenvalue weighted by Gasteiger charge is -2.17. The number of fused-ring (bicyclic) bond motifs is 1. The van der Waals surface area contributed by atoms with E-state index in [2.05, 4.69) is 24.4 Å². The van der Waals surface area contributed by atoms with E-state index in [1.165, 1.54) is 0 Å². The van der Waals surface area contributed by atoms with Gasteiger partial charge in [-0.15, -0.1) is 0 Å². The highest BCUT2D eigenvalue weighted by Crippen LogP contribution is 2.33. The molecule has 104 valence electrons. The van der Waals surface area contributed by atoms with Crippen molar-refractivity contribution in [3.63, 3.8) is 0 Å². The Kier molecular flexibility index (Phi) is 3.89. The number of nitrogens with one attached hydrogen (secondary N) is 1. The van der Waals surface area contributed by atoms with Crippen molar-refractivity contribution >= 4 is 0 Å². The van der Waals surface area contributed by atoms with Gasteiger partial charge in [-0.25, -0.2) is 0 Å². The van der Waals surface area contributed by atoms with Gasteiger partial charge < -0.3 is 19.5 Å². The van der Waals surface area contributed by atoms with Crippen LogP contribution in [0.2, 0.25) is 0 Å². The van der Waals surface area contributed by atoms with Crippen molar-refractivity contribution in [3.05, 3.63) is 23.8 Å². The van der Waals surface area contributed by atoms with Crippen LogP contribution in [0.1, 0.15) is 25.0 Å². The molecule has 2 heterocycles. The van der Waals surface area contributed by atoms with E-state index < -0.39 is 0 Å². The Morgan fingerprint density at radius 1 is 1.11 bits per heavy atom. The van der Waals surface area contributed by atoms with E-state index in [-0.39, 0.29) is 6.10 Å². The number of hydrogen-bond acceptors (Lipinski definition) is 4. The Morgan fingerprint density at radius 3 is 2.84 bits per heavy atom. The Labute approximate surface area is 114 Å². The summed E-state index contributed by atoms with van der Waals surface area (Å²) in [5.41, 5.74) is 1.16. The molecule has 4 heteroatoms. The maximum atomic E-state index is 5.96. The summed E-state index contributed by atoms with van der Waals surface area (Å²) in [5, 5.41) is 3.44. The molecule has 19 heavy (non-hydrogen) atoms. The summed E-state index contributed by atoms with van der Waals surface area (Å²) in [6.45, 7) is 6.31. The second-order valence-electron chi connectivity index (χ2n) is 5.34. The summed E-state index contributed by atoms with van der Waals surface area (Å²) < 4.78 is 17.3. The molecule has 0 radical (unpaired) electrons. The fourth-order valence-corrected chi connectivity index (χ4v) is 2.45. The van der Waals surface area contributed by atoms with Crippen LogP contribution in [0.25, 0.3) is 0 Å². The van der Waals surface area contributed by atoms with Crippen LogP contribution in [0.3, 0.4) is 0 Å². The Balaban J connectivity index is 1.79. The van der Waals surface area contributed by atoms with Crippen molar-refractivity contribution < 1.29 is 14.2 Å². The van der Waals surface area contributed by atoms with E-state index in [1.54, 1.807) is 0 Å². The number of rotatable bonds is 1. The molecule has 1 aromatic carbocycles. The first-order valence-electron chi connectivity index (χ1n) is 7.05. The van der Waals surface area contributed by atoms with Crippen LogP contribution < -0.4 is 14.8 Å². The second kappa shape index (κ2) is 5.80. The molecule has 1 saturated heterocycles. The minimum absolute atomic E-state index is 0.0992. The van der Waals surface area contributed by atoms with E-state index in [4.69, 9.17) is 14.2 Å². The molecule has 2 unspecified atom stereocenters. The van der Waals surface area contributed by atoms with Crippen LogP contribution in [0.5, 0.6) is 11.5 Å². The van der Waals surface area contributed by atoms with Crippen molar-refractivity contribution in [1.82, 2.24) is 5.32 Å². The van der Waals surface area contributed by atoms with Crippen LogP contribution in [0.15, 0.2) is 18.2 Å². The highest BCUT2D eigenvalue weighted by molar-refractivity contribution is 5.44. The zero-order valence-electron chi connectivity index (χ0n) is 11.4. The molecular formula is C15H21NO3. The Hall–Kier alpha value is -1.26. The summed E-state index contributed by atoms with van der Waals surface area (Å²) >= 11 is 0. The smallest absolute Gasteiger partial charge is 0.161 e. The zero-order chi connectivity index (χ0) is 13.1. The summed E-state index contributed by atoms with van der Waals surface area (Å²) in [5.74, 6) is 2.25. The molecule has 0 aliphatic carbocycles. The maximum Gasteiger partial charge on any atom is 0.161 e. The van der Waals surface area contributed by atoms with Crippen molar-refractivity contribution in [2.75, 3.05) is 32.9 Å². The predicted molar refractivity (Wildman–Crippen MR) is 72.8 cm³/mol. The molecule has 3 rings (SSSR count). The monoisotopic (exact) mass is 263 g/mol. The van der Waals surface area contributed by atoms with Gasteiger partial charge in [-0.3, -0.25) is 0 Å². The molecule has 2 aliphatic rings. The van der Waals surface area contributed by atoms with E-state index in [9.17, 15) is 0 Å². The van der Waals surface area contributed by atoms with Gasteiger partial charge in [0.05, 0.1) is 25.9 Å². The third-order valence-electron chi connectivity index (χ3n) is 3.55. The minimum Gasteiger partial charge on any atom is -0.490 e. The molecule has 1 fully saturated rings. The van der Waals surface area contributed by atoms with E-state index in [1.807, 2.05) is 6.07 Å².